The maximum Gasteiger partial charge on any atom is 0.188 e. The number of rotatable bonds is 8. The molecule has 0 aliphatic rings. The van der Waals surface area contributed by atoms with Crippen molar-refractivity contribution in [2.45, 2.75) is 6.92 Å². The van der Waals surface area contributed by atoms with Crippen LogP contribution in [0.2, 0.25) is 0 Å². The minimum atomic E-state index is 0.600. The molecular weight excluding hydrogens is 408 g/mol. The number of aromatic nitrogens is 1. The third kappa shape index (κ3) is 4.49. The maximum absolute atomic E-state index is 5.76. The number of thiazole rings is 1. The Morgan fingerprint density at radius 1 is 0.806 bits per heavy atom. The number of benzene rings is 3. The van der Waals surface area contributed by atoms with Crippen LogP contribution >= 0.6 is 11.3 Å². The highest BCUT2D eigenvalue weighted by Crippen LogP contribution is 2.42. The first-order chi connectivity index (χ1) is 15.2. The standard InChI is InChI=1S/C25H24N2O3S/c1-4-30-20-13-9-8-12-19(20)26-25-27-23(24(31-25)17-10-6-5-7-11-17)18-14-15-21(28-2)22(16-18)29-3/h5-16H,4H2,1-3H3,(H,26,27). The van der Waals surface area contributed by atoms with E-state index in [2.05, 4.69) is 17.4 Å². The van der Waals surface area contributed by atoms with Gasteiger partial charge in [0.15, 0.2) is 16.6 Å². The topological polar surface area (TPSA) is 52.6 Å². The fourth-order valence-electron chi connectivity index (χ4n) is 3.30. The van der Waals surface area contributed by atoms with Crippen LogP contribution in [0.1, 0.15) is 6.92 Å². The van der Waals surface area contributed by atoms with E-state index in [1.54, 1.807) is 25.6 Å². The van der Waals surface area contributed by atoms with E-state index in [-0.39, 0.29) is 0 Å². The molecule has 5 nitrogen and oxygen atoms in total. The minimum absolute atomic E-state index is 0.600. The molecule has 0 saturated heterocycles. The molecule has 1 N–H and O–H groups in total. The Hall–Kier alpha value is -3.51. The van der Waals surface area contributed by atoms with Gasteiger partial charge in [0.1, 0.15) is 5.75 Å². The van der Waals surface area contributed by atoms with Crippen LogP contribution in [-0.4, -0.2) is 25.8 Å². The summed E-state index contributed by atoms with van der Waals surface area (Å²) in [6.45, 7) is 2.57. The quantitative estimate of drug-likeness (QED) is 0.338. The summed E-state index contributed by atoms with van der Waals surface area (Å²) in [6.07, 6.45) is 0. The highest BCUT2D eigenvalue weighted by atomic mass is 32.1. The van der Waals surface area contributed by atoms with E-state index in [1.807, 2.05) is 67.6 Å². The maximum atomic E-state index is 5.76. The van der Waals surface area contributed by atoms with Gasteiger partial charge in [-0.25, -0.2) is 4.98 Å². The first-order valence-corrected chi connectivity index (χ1v) is 10.8. The van der Waals surface area contributed by atoms with Gasteiger partial charge in [-0.3, -0.25) is 0 Å². The molecule has 0 aliphatic heterocycles. The van der Waals surface area contributed by atoms with E-state index in [9.17, 15) is 0 Å². The predicted molar refractivity (Wildman–Crippen MR) is 127 cm³/mol. The van der Waals surface area contributed by atoms with Gasteiger partial charge in [0.25, 0.3) is 0 Å². The summed E-state index contributed by atoms with van der Waals surface area (Å²) < 4.78 is 16.7. The summed E-state index contributed by atoms with van der Waals surface area (Å²) in [5, 5.41) is 4.22. The second-order valence-electron chi connectivity index (χ2n) is 6.69. The van der Waals surface area contributed by atoms with Gasteiger partial charge in [0.2, 0.25) is 0 Å². The zero-order valence-electron chi connectivity index (χ0n) is 17.7. The van der Waals surface area contributed by atoms with E-state index in [1.165, 1.54) is 0 Å². The zero-order valence-corrected chi connectivity index (χ0v) is 18.5. The number of para-hydroxylation sites is 2. The van der Waals surface area contributed by atoms with Crippen LogP contribution < -0.4 is 19.5 Å². The summed E-state index contributed by atoms with van der Waals surface area (Å²) in [6, 6.07) is 24.0. The molecule has 0 aliphatic carbocycles. The summed E-state index contributed by atoms with van der Waals surface area (Å²) in [5.74, 6) is 2.16. The molecule has 0 fully saturated rings. The predicted octanol–water partition coefficient (Wildman–Crippen LogP) is 6.64. The average Bonchev–Trinajstić information content (AvgIpc) is 3.24. The van der Waals surface area contributed by atoms with Crippen LogP contribution in [0.25, 0.3) is 21.7 Å². The third-order valence-corrected chi connectivity index (χ3v) is 5.77. The van der Waals surface area contributed by atoms with Crippen molar-refractivity contribution in [1.82, 2.24) is 4.98 Å². The monoisotopic (exact) mass is 432 g/mol. The van der Waals surface area contributed by atoms with Crippen molar-refractivity contribution in [2.75, 3.05) is 26.1 Å². The van der Waals surface area contributed by atoms with Crippen molar-refractivity contribution in [3.8, 4) is 38.9 Å². The van der Waals surface area contributed by atoms with Gasteiger partial charge < -0.3 is 19.5 Å². The van der Waals surface area contributed by atoms with E-state index < -0.39 is 0 Å². The molecule has 3 aromatic carbocycles. The Kier molecular flexibility index (Phi) is 6.38. The van der Waals surface area contributed by atoms with Gasteiger partial charge >= 0.3 is 0 Å². The molecule has 4 aromatic rings. The molecule has 0 spiro atoms. The lowest BCUT2D eigenvalue weighted by Crippen LogP contribution is -1.97. The van der Waals surface area contributed by atoms with Gasteiger partial charge in [0, 0.05) is 5.56 Å². The fourth-order valence-corrected chi connectivity index (χ4v) is 4.31. The van der Waals surface area contributed by atoms with Crippen LogP contribution in [0, 0.1) is 0 Å². The SMILES string of the molecule is CCOc1ccccc1Nc1nc(-c2ccc(OC)c(OC)c2)c(-c2ccccc2)s1. The molecule has 6 heteroatoms. The Morgan fingerprint density at radius 2 is 1.55 bits per heavy atom. The molecule has 0 unspecified atom stereocenters. The molecule has 158 valence electrons. The lowest BCUT2D eigenvalue weighted by atomic mass is 10.1. The number of hydrogen-bond acceptors (Lipinski definition) is 6. The molecular formula is C25H24N2O3S. The van der Waals surface area contributed by atoms with Crippen molar-refractivity contribution in [1.29, 1.82) is 0 Å². The van der Waals surface area contributed by atoms with Crippen molar-refractivity contribution < 1.29 is 14.2 Å². The zero-order chi connectivity index (χ0) is 21.6. The summed E-state index contributed by atoms with van der Waals surface area (Å²) >= 11 is 1.60. The van der Waals surface area contributed by atoms with Crippen molar-refractivity contribution in [2.24, 2.45) is 0 Å². The van der Waals surface area contributed by atoms with E-state index in [4.69, 9.17) is 19.2 Å². The second-order valence-corrected chi connectivity index (χ2v) is 7.69. The van der Waals surface area contributed by atoms with Gasteiger partial charge in [-0.1, -0.05) is 53.8 Å². The molecule has 0 bridgehead atoms. The highest BCUT2D eigenvalue weighted by Gasteiger charge is 2.18. The highest BCUT2D eigenvalue weighted by molar-refractivity contribution is 7.19. The normalized spacial score (nSPS) is 10.5. The number of nitrogens with zero attached hydrogens (tertiary/aromatic N) is 1. The Bertz CT molecular complexity index is 1160. The molecule has 1 aromatic heterocycles. The lowest BCUT2D eigenvalue weighted by molar-refractivity contribution is 0.342. The number of nitrogens with one attached hydrogen (secondary N) is 1. The smallest absolute Gasteiger partial charge is 0.188 e. The largest absolute Gasteiger partial charge is 0.493 e. The van der Waals surface area contributed by atoms with Gasteiger partial charge in [-0.2, -0.15) is 0 Å². The molecule has 31 heavy (non-hydrogen) atoms. The van der Waals surface area contributed by atoms with Crippen molar-refractivity contribution >= 4 is 22.2 Å². The first-order valence-electron chi connectivity index (χ1n) is 10.0. The lowest BCUT2D eigenvalue weighted by Gasteiger charge is -2.10. The fraction of sp³-hybridized carbons (Fsp3) is 0.160. The van der Waals surface area contributed by atoms with E-state index >= 15 is 0 Å². The van der Waals surface area contributed by atoms with Crippen LogP contribution in [0.15, 0.2) is 72.8 Å². The van der Waals surface area contributed by atoms with E-state index in [0.717, 1.165) is 38.3 Å². The van der Waals surface area contributed by atoms with Crippen LogP contribution in [0.3, 0.4) is 0 Å². The molecule has 4 rings (SSSR count). The van der Waals surface area contributed by atoms with Gasteiger partial charge in [-0.05, 0) is 42.8 Å². The van der Waals surface area contributed by atoms with Gasteiger partial charge in [0.05, 0.1) is 37.1 Å². The van der Waals surface area contributed by atoms with E-state index in [0.29, 0.717) is 18.1 Å². The molecule has 1 heterocycles. The number of methoxy groups -OCH3 is 2. The summed E-state index contributed by atoms with van der Waals surface area (Å²) in [7, 11) is 3.27. The van der Waals surface area contributed by atoms with Gasteiger partial charge in [-0.15, -0.1) is 0 Å². The molecule has 0 amide bonds. The second kappa shape index (κ2) is 9.53. The number of hydrogen-bond donors (Lipinski definition) is 1. The molecule has 0 atom stereocenters. The van der Waals surface area contributed by atoms with Crippen LogP contribution in [0.4, 0.5) is 10.8 Å². The minimum Gasteiger partial charge on any atom is -0.493 e. The first kappa shape index (κ1) is 20.8. The molecule has 0 radical (unpaired) electrons. The van der Waals surface area contributed by atoms with Crippen LogP contribution in [0.5, 0.6) is 17.2 Å². The Morgan fingerprint density at radius 3 is 2.29 bits per heavy atom. The number of anilines is 2. The van der Waals surface area contributed by atoms with Crippen molar-refractivity contribution in [3.05, 3.63) is 72.8 Å². The van der Waals surface area contributed by atoms with Crippen LogP contribution in [-0.2, 0) is 0 Å². The van der Waals surface area contributed by atoms with Crippen molar-refractivity contribution in [3.63, 3.8) is 0 Å². The summed E-state index contributed by atoms with van der Waals surface area (Å²) in [5.41, 5.74) is 3.83. The molecule has 0 saturated carbocycles. The third-order valence-electron chi connectivity index (χ3n) is 4.75. The summed E-state index contributed by atoms with van der Waals surface area (Å²) in [4.78, 5) is 6.01. The average molecular weight is 433 g/mol. The Balaban J connectivity index is 1.79. The Labute approximate surface area is 186 Å². The number of ether oxygens (including phenoxy) is 3.